The molecule has 0 fully saturated rings. The molecule has 0 saturated heterocycles. The summed E-state index contributed by atoms with van der Waals surface area (Å²) in [5.41, 5.74) is 2.72. The van der Waals surface area contributed by atoms with Crippen LogP contribution in [0.3, 0.4) is 0 Å². The molecule has 0 aliphatic rings. The van der Waals surface area contributed by atoms with Crippen molar-refractivity contribution in [1.82, 2.24) is 24.8 Å². The first kappa shape index (κ1) is 19.8. The van der Waals surface area contributed by atoms with E-state index in [1.54, 1.807) is 41.3 Å². The van der Waals surface area contributed by atoms with Gasteiger partial charge in [-0.05, 0) is 40.3 Å². The summed E-state index contributed by atoms with van der Waals surface area (Å²) in [5.74, 6) is 5.82. The van der Waals surface area contributed by atoms with Gasteiger partial charge in [-0.1, -0.05) is 36.1 Å². The van der Waals surface area contributed by atoms with Gasteiger partial charge in [-0.2, -0.15) is 0 Å². The van der Waals surface area contributed by atoms with Crippen molar-refractivity contribution in [1.29, 1.82) is 0 Å². The maximum absolute atomic E-state index is 11.2. The number of carboxylic acids is 1. The topological polar surface area (TPSA) is 103 Å². The lowest BCUT2D eigenvalue weighted by Gasteiger charge is -2.06. The van der Waals surface area contributed by atoms with Crippen LogP contribution in [0.1, 0.15) is 21.5 Å². The zero-order valence-corrected chi connectivity index (χ0v) is 16.3. The Balaban J connectivity index is 1.51. The minimum Gasteiger partial charge on any atom is -0.478 e. The standard InChI is InChI=1S/C23H17N5O3/c29-21-10-13-27(14-11-21)12-2-4-17-3-1-5-20(15-17)22-24-25-26-28(22)16-18-6-8-19(9-7-18)23(30)31/h1,3,5-11,13-15H,12,16H2,(H,30,31). The van der Waals surface area contributed by atoms with Crippen molar-refractivity contribution in [2.75, 3.05) is 0 Å². The first-order valence-electron chi connectivity index (χ1n) is 9.42. The van der Waals surface area contributed by atoms with Crippen molar-refractivity contribution in [3.05, 3.63) is 100.0 Å². The highest BCUT2D eigenvalue weighted by atomic mass is 16.4. The average Bonchev–Trinajstić information content (AvgIpc) is 3.24. The third kappa shape index (κ3) is 4.92. The second-order valence-electron chi connectivity index (χ2n) is 6.75. The van der Waals surface area contributed by atoms with Crippen molar-refractivity contribution in [2.24, 2.45) is 0 Å². The van der Waals surface area contributed by atoms with Gasteiger partial charge in [0.2, 0.25) is 0 Å². The van der Waals surface area contributed by atoms with Crippen LogP contribution in [0, 0.1) is 11.8 Å². The number of carboxylic acid groups (broad SMARTS) is 1. The van der Waals surface area contributed by atoms with Gasteiger partial charge in [-0.25, -0.2) is 9.48 Å². The third-order valence-corrected chi connectivity index (χ3v) is 4.54. The van der Waals surface area contributed by atoms with E-state index in [0.717, 1.165) is 16.7 Å². The lowest BCUT2D eigenvalue weighted by atomic mass is 10.1. The summed E-state index contributed by atoms with van der Waals surface area (Å²) in [7, 11) is 0. The Morgan fingerprint density at radius 3 is 2.55 bits per heavy atom. The fourth-order valence-corrected chi connectivity index (χ4v) is 2.96. The highest BCUT2D eigenvalue weighted by Gasteiger charge is 2.10. The summed E-state index contributed by atoms with van der Waals surface area (Å²) in [6, 6.07) is 17.2. The fraction of sp³-hybridized carbons (Fsp3) is 0.0870. The summed E-state index contributed by atoms with van der Waals surface area (Å²) in [5, 5.41) is 21.0. The Morgan fingerprint density at radius 1 is 1.03 bits per heavy atom. The minimum atomic E-state index is -0.964. The molecule has 0 aliphatic heterocycles. The van der Waals surface area contributed by atoms with E-state index in [4.69, 9.17) is 5.11 Å². The highest BCUT2D eigenvalue weighted by Crippen LogP contribution is 2.18. The molecule has 0 spiro atoms. The molecule has 0 bridgehead atoms. The van der Waals surface area contributed by atoms with E-state index < -0.39 is 5.97 Å². The number of pyridine rings is 1. The normalized spacial score (nSPS) is 10.3. The Hall–Kier alpha value is -4.51. The van der Waals surface area contributed by atoms with Gasteiger partial charge >= 0.3 is 5.97 Å². The van der Waals surface area contributed by atoms with Crippen LogP contribution < -0.4 is 5.43 Å². The van der Waals surface area contributed by atoms with Crippen LogP contribution >= 0.6 is 0 Å². The SMILES string of the molecule is O=C(O)c1ccc(Cn2nnnc2-c2cccc(C#CCn3ccc(=O)cc3)c2)cc1. The molecule has 0 atom stereocenters. The molecule has 0 amide bonds. The molecule has 0 unspecified atom stereocenters. The molecule has 31 heavy (non-hydrogen) atoms. The molecule has 2 heterocycles. The van der Waals surface area contributed by atoms with Crippen molar-refractivity contribution in [3.8, 4) is 23.2 Å². The number of benzene rings is 2. The number of carbonyl (C=O) groups is 1. The van der Waals surface area contributed by atoms with Crippen LogP contribution in [0.15, 0.2) is 77.9 Å². The van der Waals surface area contributed by atoms with E-state index in [1.807, 2.05) is 28.8 Å². The maximum atomic E-state index is 11.2. The molecule has 4 rings (SSSR count). The largest absolute Gasteiger partial charge is 0.478 e. The molecule has 2 aromatic heterocycles. The van der Waals surface area contributed by atoms with Crippen LogP contribution in [0.4, 0.5) is 0 Å². The second-order valence-corrected chi connectivity index (χ2v) is 6.75. The van der Waals surface area contributed by atoms with Gasteiger partial charge in [0, 0.05) is 35.7 Å². The van der Waals surface area contributed by atoms with Gasteiger partial charge < -0.3 is 9.67 Å². The summed E-state index contributed by atoms with van der Waals surface area (Å²) >= 11 is 0. The molecule has 4 aromatic rings. The predicted molar refractivity (Wildman–Crippen MR) is 113 cm³/mol. The van der Waals surface area contributed by atoms with Crippen molar-refractivity contribution >= 4 is 5.97 Å². The summed E-state index contributed by atoms with van der Waals surface area (Å²) < 4.78 is 3.48. The summed E-state index contributed by atoms with van der Waals surface area (Å²) in [4.78, 5) is 22.2. The van der Waals surface area contributed by atoms with E-state index in [-0.39, 0.29) is 11.0 Å². The van der Waals surface area contributed by atoms with E-state index in [2.05, 4.69) is 27.4 Å². The van der Waals surface area contributed by atoms with E-state index >= 15 is 0 Å². The number of aromatic carboxylic acids is 1. The van der Waals surface area contributed by atoms with Crippen LogP contribution in [0.2, 0.25) is 0 Å². The molecule has 0 saturated carbocycles. The van der Waals surface area contributed by atoms with Crippen LogP contribution in [-0.4, -0.2) is 35.9 Å². The Morgan fingerprint density at radius 2 is 1.81 bits per heavy atom. The zero-order valence-electron chi connectivity index (χ0n) is 16.3. The quantitative estimate of drug-likeness (QED) is 0.506. The van der Waals surface area contributed by atoms with E-state index in [1.165, 1.54) is 12.1 Å². The number of tetrazole rings is 1. The molecular formula is C23H17N5O3. The monoisotopic (exact) mass is 411 g/mol. The number of nitrogens with zero attached hydrogens (tertiary/aromatic N) is 5. The maximum Gasteiger partial charge on any atom is 0.335 e. The summed E-state index contributed by atoms with van der Waals surface area (Å²) in [6.07, 6.45) is 3.40. The smallest absolute Gasteiger partial charge is 0.335 e. The summed E-state index contributed by atoms with van der Waals surface area (Å²) in [6.45, 7) is 0.874. The molecule has 0 aliphatic carbocycles. The van der Waals surface area contributed by atoms with Gasteiger partial charge in [0.1, 0.15) is 0 Å². The van der Waals surface area contributed by atoms with Crippen molar-refractivity contribution < 1.29 is 9.90 Å². The van der Waals surface area contributed by atoms with E-state index in [9.17, 15) is 9.59 Å². The van der Waals surface area contributed by atoms with Gasteiger partial charge in [0.15, 0.2) is 11.3 Å². The molecule has 8 heteroatoms. The van der Waals surface area contributed by atoms with Crippen LogP contribution in [0.5, 0.6) is 0 Å². The second kappa shape index (κ2) is 8.88. The Kier molecular flexibility index (Phi) is 5.67. The van der Waals surface area contributed by atoms with Crippen molar-refractivity contribution in [2.45, 2.75) is 13.1 Å². The number of hydrogen-bond donors (Lipinski definition) is 1. The van der Waals surface area contributed by atoms with Gasteiger partial charge in [-0.3, -0.25) is 4.79 Å². The number of rotatable bonds is 5. The molecule has 1 N–H and O–H groups in total. The van der Waals surface area contributed by atoms with Crippen LogP contribution in [0.25, 0.3) is 11.4 Å². The fourth-order valence-electron chi connectivity index (χ4n) is 2.96. The Labute approximate surface area is 177 Å². The molecule has 0 radical (unpaired) electrons. The first-order chi connectivity index (χ1) is 15.1. The number of hydrogen-bond acceptors (Lipinski definition) is 5. The number of aromatic nitrogens is 5. The first-order valence-corrected chi connectivity index (χ1v) is 9.42. The van der Waals surface area contributed by atoms with E-state index in [0.29, 0.717) is 18.9 Å². The van der Waals surface area contributed by atoms with Gasteiger partial charge in [0.25, 0.3) is 0 Å². The Bertz CT molecular complexity index is 1320. The highest BCUT2D eigenvalue weighted by molar-refractivity contribution is 5.87. The lowest BCUT2D eigenvalue weighted by Crippen LogP contribution is -2.05. The zero-order chi connectivity index (χ0) is 21.6. The molecule has 8 nitrogen and oxygen atoms in total. The van der Waals surface area contributed by atoms with Crippen molar-refractivity contribution in [3.63, 3.8) is 0 Å². The third-order valence-electron chi connectivity index (χ3n) is 4.54. The predicted octanol–water partition coefficient (Wildman–Crippen LogP) is 2.30. The van der Waals surface area contributed by atoms with Gasteiger partial charge in [0.05, 0.1) is 18.7 Å². The molecule has 2 aromatic carbocycles. The molecular weight excluding hydrogens is 394 g/mol. The van der Waals surface area contributed by atoms with Gasteiger partial charge in [-0.15, -0.1) is 5.10 Å². The minimum absolute atomic E-state index is 0.0348. The molecule has 152 valence electrons. The average molecular weight is 411 g/mol. The van der Waals surface area contributed by atoms with Crippen LogP contribution in [-0.2, 0) is 13.1 Å². The lowest BCUT2D eigenvalue weighted by molar-refractivity contribution is 0.0697.